The fourth-order valence-electron chi connectivity index (χ4n) is 2.10. The second kappa shape index (κ2) is 9.66. The molecule has 23 heavy (non-hydrogen) atoms. The molecule has 124 valence electrons. The quantitative estimate of drug-likeness (QED) is 0.647. The number of methoxy groups -OCH3 is 1. The maximum Gasteiger partial charge on any atom is 0.137 e. The maximum absolute atomic E-state index is 6.05. The highest BCUT2D eigenvalue weighted by Gasteiger charge is 2.02. The van der Waals surface area contributed by atoms with Crippen molar-refractivity contribution >= 4 is 23.2 Å². The van der Waals surface area contributed by atoms with Crippen molar-refractivity contribution in [1.29, 1.82) is 0 Å². The van der Waals surface area contributed by atoms with Gasteiger partial charge in [0, 0.05) is 11.6 Å². The zero-order chi connectivity index (χ0) is 16.5. The van der Waals surface area contributed by atoms with E-state index < -0.39 is 0 Å². The number of rotatable bonds is 9. The van der Waals surface area contributed by atoms with Crippen LogP contribution in [0.1, 0.15) is 18.4 Å². The molecule has 2 aromatic rings. The average Bonchev–Trinajstić information content (AvgIpc) is 2.56. The van der Waals surface area contributed by atoms with Gasteiger partial charge in [-0.2, -0.15) is 0 Å². The smallest absolute Gasteiger partial charge is 0.137 e. The third-order valence-electron chi connectivity index (χ3n) is 3.39. The molecule has 0 radical (unpaired) electrons. The number of nitrogens with one attached hydrogen (secondary N) is 1. The van der Waals surface area contributed by atoms with Crippen LogP contribution in [-0.4, -0.2) is 20.3 Å². The van der Waals surface area contributed by atoms with E-state index in [1.54, 1.807) is 25.3 Å². The van der Waals surface area contributed by atoms with Crippen LogP contribution < -0.4 is 14.8 Å². The lowest BCUT2D eigenvalue weighted by molar-refractivity contribution is 0.306. The van der Waals surface area contributed by atoms with Crippen molar-refractivity contribution in [3.8, 4) is 11.5 Å². The average molecular weight is 354 g/mol. The highest BCUT2D eigenvalue weighted by atomic mass is 35.5. The summed E-state index contributed by atoms with van der Waals surface area (Å²) >= 11 is 11.9. The van der Waals surface area contributed by atoms with Crippen LogP contribution in [0, 0.1) is 0 Å². The van der Waals surface area contributed by atoms with Gasteiger partial charge < -0.3 is 14.8 Å². The van der Waals surface area contributed by atoms with Crippen LogP contribution in [0.4, 0.5) is 0 Å². The van der Waals surface area contributed by atoms with E-state index in [4.69, 9.17) is 32.7 Å². The number of halogens is 2. The minimum atomic E-state index is 0.551. The fourth-order valence-corrected chi connectivity index (χ4v) is 2.57. The second-order valence-electron chi connectivity index (χ2n) is 5.16. The van der Waals surface area contributed by atoms with Crippen LogP contribution in [-0.2, 0) is 6.54 Å². The molecule has 0 aliphatic carbocycles. The zero-order valence-electron chi connectivity index (χ0n) is 13.1. The summed E-state index contributed by atoms with van der Waals surface area (Å²) < 4.78 is 10.8. The summed E-state index contributed by atoms with van der Waals surface area (Å²) in [5.74, 6) is 1.56. The lowest BCUT2D eigenvalue weighted by Crippen LogP contribution is -2.15. The summed E-state index contributed by atoms with van der Waals surface area (Å²) in [4.78, 5) is 0. The molecule has 0 spiro atoms. The Morgan fingerprint density at radius 1 is 1.00 bits per heavy atom. The Hall–Kier alpha value is -1.42. The summed E-state index contributed by atoms with van der Waals surface area (Å²) in [5.41, 5.74) is 1.25. The molecular formula is C18H21Cl2NO2. The van der Waals surface area contributed by atoms with Crippen LogP contribution in [0.25, 0.3) is 0 Å². The van der Waals surface area contributed by atoms with Crippen LogP contribution in [0.5, 0.6) is 11.5 Å². The van der Waals surface area contributed by atoms with E-state index in [9.17, 15) is 0 Å². The van der Waals surface area contributed by atoms with Crippen LogP contribution in [0.3, 0.4) is 0 Å². The molecule has 0 amide bonds. The molecule has 3 nitrogen and oxygen atoms in total. The molecule has 2 rings (SSSR count). The van der Waals surface area contributed by atoms with Gasteiger partial charge in [0.05, 0.1) is 18.7 Å². The third kappa shape index (κ3) is 6.30. The van der Waals surface area contributed by atoms with Gasteiger partial charge in [-0.3, -0.25) is 0 Å². The van der Waals surface area contributed by atoms with Crippen LogP contribution in [0.2, 0.25) is 10.0 Å². The Kier molecular flexibility index (Phi) is 7.53. The van der Waals surface area contributed by atoms with E-state index in [0.29, 0.717) is 22.4 Å². The van der Waals surface area contributed by atoms with Gasteiger partial charge in [-0.05, 0) is 55.3 Å². The van der Waals surface area contributed by atoms with E-state index in [0.717, 1.165) is 31.7 Å². The van der Waals surface area contributed by atoms with E-state index in [1.807, 2.05) is 12.1 Å². The van der Waals surface area contributed by atoms with Crippen LogP contribution >= 0.6 is 23.2 Å². The summed E-state index contributed by atoms with van der Waals surface area (Å²) in [6, 6.07) is 13.3. The second-order valence-corrected chi connectivity index (χ2v) is 6.00. The monoisotopic (exact) mass is 353 g/mol. The molecule has 0 unspecified atom stereocenters. The Morgan fingerprint density at radius 2 is 1.78 bits per heavy atom. The lowest BCUT2D eigenvalue weighted by Gasteiger charge is -2.09. The lowest BCUT2D eigenvalue weighted by atomic mass is 10.2. The van der Waals surface area contributed by atoms with Gasteiger partial charge in [-0.25, -0.2) is 0 Å². The first kappa shape index (κ1) is 17.9. The largest absolute Gasteiger partial charge is 0.497 e. The molecule has 0 saturated carbocycles. The molecule has 0 aliphatic heterocycles. The predicted molar refractivity (Wildman–Crippen MR) is 95.9 cm³/mol. The van der Waals surface area contributed by atoms with Crippen molar-refractivity contribution in [2.24, 2.45) is 0 Å². The molecule has 0 aliphatic rings. The van der Waals surface area contributed by atoms with Gasteiger partial charge in [-0.1, -0.05) is 35.3 Å². The maximum atomic E-state index is 6.05. The minimum Gasteiger partial charge on any atom is -0.497 e. The first-order valence-corrected chi connectivity index (χ1v) is 8.36. The third-order valence-corrected chi connectivity index (χ3v) is 3.92. The van der Waals surface area contributed by atoms with E-state index in [1.165, 1.54) is 5.56 Å². The minimum absolute atomic E-state index is 0.551. The van der Waals surface area contributed by atoms with Gasteiger partial charge >= 0.3 is 0 Å². The molecule has 0 atom stereocenters. The Labute approximate surface area is 147 Å². The summed E-state index contributed by atoms with van der Waals surface area (Å²) in [5, 5.41) is 4.58. The molecule has 0 fully saturated rings. The van der Waals surface area contributed by atoms with Gasteiger partial charge in [0.1, 0.15) is 11.5 Å². The van der Waals surface area contributed by atoms with Gasteiger partial charge in [0.25, 0.3) is 0 Å². The molecule has 0 saturated heterocycles. The number of ether oxygens (including phenoxy) is 2. The van der Waals surface area contributed by atoms with E-state index in [-0.39, 0.29) is 0 Å². The van der Waals surface area contributed by atoms with Crippen molar-refractivity contribution in [3.63, 3.8) is 0 Å². The van der Waals surface area contributed by atoms with Crippen molar-refractivity contribution in [2.75, 3.05) is 20.3 Å². The number of benzene rings is 2. The van der Waals surface area contributed by atoms with Crippen molar-refractivity contribution < 1.29 is 9.47 Å². The highest BCUT2D eigenvalue weighted by Crippen LogP contribution is 2.27. The van der Waals surface area contributed by atoms with Crippen LogP contribution in [0.15, 0.2) is 42.5 Å². The van der Waals surface area contributed by atoms with E-state index in [2.05, 4.69) is 17.4 Å². The Balaban J connectivity index is 1.57. The van der Waals surface area contributed by atoms with E-state index >= 15 is 0 Å². The summed E-state index contributed by atoms with van der Waals surface area (Å²) in [6.07, 6.45) is 2.01. The number of hydrogen-bond donors (Lipinski definition) is 1. The summed E-state index contributed by atoms with van der Waals surface area (Å²) in [7, 11) is 1.67. The molecule has 2 aromatic carbocycles. The zero-order valence-corrected chi connectivity index (χ0v) is 14.7. The van der Waals surface area contributed by atoms with Crippen molar-refractivity contribution in [2.45, 2.75) is 19.4 Å². The molecule has 0 aromatic heterocycles. The van der Waals surface area contributed by atoms with Gasteiger partial charge in [0.2, 0.25) is 0 Å². The standard InChI is InChI=1S/C18H21Cl2NO2/c1-22-16-7-4-14(5-8-16)13-21-10-2-3-11-23-18-9-6-15(19)12-17(18)20/h4-9,12,21H,2-3,10-11,13H2,1H3. The first-order valence-electron chi connectivity index (χ1n) is 7.60. The van der Waals surface area contributed by atoms with Gasteiger partial charge in [-0.15, -0.1) is 0 Å². The molecule has 0 bridgehead atoms. The first-order chi connectivity index (χ1) is 11.2. The normalized spacial score (nSPS) is 10.6. The highest BCUT2D eigenvalue weighted by molar-refractivity contribution is 6.35. The molecule has 0 heterocycles. The van der Waals surface area contributed by atoms with Crippen molar-refractivity contribution in [1.82, 2.24) is 5.32 Å². The number of hydrogen-bond acceptors (Lipinski definition) is 3. The van der Waals surface area contributed by atoms with Gasteiger partial charge in [0.15, 0.2) is 0 Å². The number of unbranched alkanes of at least 4 members (excludes halogenated alkanes) is 1. The fraction of sp³-hybridized carbons (Fsp3) is 0.333. The Bertz CT molecular complexity index is 602. The summed E-state index contributed by atoms with van der Waals surface area (Å²) in [6.45, 7) is 2.45. The molecule has 1 N–H and O–H groups in total. The molecular weight excluding hydrogens is 333 g/mol. The predicted octanol–water partition coefficient (Wildman–Crippen LogP) is 4.95. The topological polar surface area (TPSA) is 30.5 Å². The Morgan fingerprint density at radius 3 is 2.48 bits per heavy atom. The molecule has 5 heteroatoms. The van der Waals surface area contributed by atoms with Crippen molar-refractivity contribution in [3.05, 3.63) is 58.1 Å². The SMILES string of the molecule is COc1ccc(CNCCCCOc2ccc(Cl)cc2Cl)cc1.